The summed E-state index contributed by atoms with van der Waals surface area (Å²) < 4.78 is 5.58. The molecule has 1 aliphatic carbocycles. The number of ether oxygens (including phenoxy) is 1. The highest BCUT2D eigenvalue weighted by Crippen LogP contribution is 2.21. The van der Waals surface area contributed by atoms with Crippen LogP contribution in [0, 0.1) is 5.92 Å². The Labute approximate surface area is 86.8 Å². The molecule has 1 rings (SSSR count). The second-order valence-corrected chi connectivity index (χ2v) is 4.05. The SMILES string of the molecule is CCCCOCC1(N)C=CC=CC1C. The maximum atomic E-state index is 6.22. The zero-order valence-electron chi connectivity index (χ0n) is 9.20. The quantitative estimate of drug-likeness (QED) is 0.683. The van der Waals surface area contributed by atoms with E-state index in [1.165, 1.54) is 6.42 Å². The number of allylic oxidation sites excluding steroid dienone is 2. The van der Waals surface area contributed by atoms with Crippen LogP contribution in [-0.2, 0) is 4.74 Å². The van der Waals surface area contributed by atoms with E-state index in [0.717, 1.165) is 13.0 Å². The van der Waals surface area contributed by atoms with Crippen LogP contribution in [0.25, 0.3) is 0 Å². The predicted molar refractivity (Wildman–Crippen MR) is 60.1 cm³/mol. The molecule has 0 radical (unpaired) electrons. The Morgan fingerprint density at radius 2 is 2.21 bits per heavy atom. The molecule has 2 heteroatoms. The molecule has 0 aromatic carbocycles. The van der Waals surface area contributed by atoms with E-state index in [1.54, 1.807) is 0 Å². The first-order valence-corrected chi connectivity index (χ1v) is 5.41. The first-order chi connectivity index (χ1) is 6.69. The lowest BCUT2D eigenvalue weighted by atomic mass is 9.83. The van der Waals surface area contributed by atoms with Crippen LogP contribution in [0.15, 0.2) is 24.3 Å². The Hall–Kier alpha value is -0.600. The average molecular weight is 195 g/mol. The summed E-state index contributed by atoms with van der Waals surface area (Å²) in [6.45, 7) is 5.73. The molecule has 0 bridgehead atoms. The van der Waals surface area contributed by atoms with E-state index in [2.05, 4.69) is 19.9 Å². The molecule has 0 heterocycles. The molecule has 0 aromatic rings. The Bertz CT molecular complexity index is 222. The van der Waals surface area contributed by atoms with Gasteiger partial charge in [-0.2, -0.15) is 0 Å². The summed E-state index contributed by atoms with van der Waals surface area (Å²) in [5, 5.41) is 0. The lowest BCUT2D eigenvalue weighted by Crippen LogP contribution is -2.48. The summed E-state index contributed by atoms with van der Waals surface area (Å²) in [4.78, 5) is 0. The van der Waals surface area contributed by atoms with Gasteiger partial charge in [0.15, 0.2) is 0 Å². The maximum absolute atomic E-state index is 6.22. The molecule has 80 valence electrons. The minimum Gasteiger partial charge on any atom is -0.379 e. The molecule has 2 unspecified atom stereocenters. The van der Waals surface area contributed by atoms with E-state index < -0.39 is 0 Å². The first-order valence-electron chi connectivity index (χ1n) is 5.41. The average Bonchev–Trinajstić information content (AvgIpc) is 2.18. The second-order valence-electron chi connectivity index (χ2n) is 4.05. The molecule has 0 saturated heterocycles. The number of nitrogens with two attached hydrogens (primary N) is 1. The highest BCUT2D eigenvalue weighted by molar-refractivity contribution is 5.22. The summed E-state index contributed by atoms with van der Waals surface area (Å²) in [5.41, 5.74) is 5.92. The van der Waals surface area contributed by atoms with Crippen LogP contribution >= 0.6 is 0 Å². The summed E-state index contributed by atoms with van der Waals surface area (Å²) in [6.07, 6.45) is 10.5. The third kappa shape index (κ3) is 2.96. The van der Waals surface area contributed by atoms with Gasteiger partial charge in [0.05, 0.1) is 12.1 Å². The fourth-order valence-electron chi connectivity index (χ4n) is 1.47. The van der Waals surface area contributed by atoms with Crippen LogP contribution in [0.5, 0.6) is 0 Å². The van der Waals surface area contributed by atoms with Crippen molar-refractivity contribution in [2.75, 3.05) is 13.2 Å². The molecule has 0 spiro atoms. The molecule has 0 fully saturated rings. The van der Waals surface area contributed by atoms with Crippen LogP contribution < -0.4 is 5.73 Å². The lowest BCUT2D eigenvalue weighted by molar-refractivity contribution is 0.0863. The third-order valence-corrected chi connectivity index (χ3v) is 2.76. The summed E-state index contributed by atoms with van der Waals surface area (Å²) >= 11 is 0. The molecule has 14 heavy (non-hydrogen) atoms. The molecule has 0 aromatic heterocycles. The Morgan fingerprint density at radius 1 is 1.43 bits per heavy atom. The first kappa shape index (κ1) is 11.5. The lowest BCUT2D eigenvalue weighted by Gasteiger charge is -2.32. The summed E-state index contributed by atoms with van der Waals surface area (Å²) in [7, 11) is 0. The minimum atomic E-state index is -0.303. The van der Waals surface area contributed by atoms with Gasteiger partial charge in [0.25, 0.3) is 0 Å². The van der Waals surface area contributed by atoms with Crippen LogP contribution in [-0.4, -0.2) is 18.8 Å². The summed E-state index contributed by atoms with van der Waals surface area (Å²) in [5.74, 6) is 0.356. The van der Waals surface area contributed by atoms with Crippen molar-refractivity contribution in [2.24, 2.45) is 11.7 Å². The Kier molecular flexibility index (Phi) is 4.36. The van der Waals surface area contributed by atoms with Gasteiger partial charge in [0.2, 0.25) is 0 Å². The third-order valence-electron chi connectivity index (χ3n) is 2.76. The number of unbranched alkanes of at least 4 members (excludes halogenated alkanes) is 1. The van der Waals surface area contributed by atoms with Gasteiger partial charge in [-0.3, -0.25) is 0 Å². The molecule has 2 N–H and O–H groups in total. The molecular weight excluding hydrogens is 174 g/mol. The van der Waals surface area contributed by atoms with Gasteiger partial charge >= 0.3 is 0 Å². The summed E-state index contributed by atoms with van der Waals surface area (Å²) in [6, 6.07) is 0. The molecule has 0 aliphatic heterocycles. The molecule has 2 atom stereocenters. The van der Waals surface area contributed by atoms with Crippen LogP contribution in [0.1, 0.15) is 26.7 Å². The normalized spacial score (nSPS) is 30.9. The number of rotatable bonds is 5. The van der Waals surface area contributed by atoms with Crippen molar-refractivity contribution in [1.29, 1.82) is 0 Å². The number of hydrogen-bond donors (Lipinski definition) is 1. The van der Waals surface area contributed by atoms with Crippen LogP contribution in [0.2, 0.25) is 0 Å². The second kappa shape index (κ2) is 5.32. The zero-order valence-corrected chi connectivity index (χ0v) is 9.20. The Morgan fingerprint density at radius 3 is 2.86 bits per heavy atom. The van der Waals surface area contributed by atoms with Crippen molar-refractivity contribution in [1.82, 2.24) is 0 Å². The van der Waals surface area contributed by atoms with Crippen molar-refractivity contribution in [3.63, 3.8) is 0 Å². The van der Waals surface area contributed by atoms with Crippen LogP contribution in [0.3, 0.4) is 0 Å². The molecule has 2 nitrogen and oxygen atoms in total. The van der Waals surface area contributed by atoms with Crippen molar-refractivity contribution < 1.29 is 4.74 Å². The molecular formula is C12H21NO. The highest BCUT2D eigenvalue weighted by atomic mass is 16.5. The number of hydrogen-bond acceptors (Lipinski definition) is 2. The van der Waals surface area contributed by atoms with E-state index in [9.17, 15) is 0 Å². The van der Waals surface area contributed by atoms with Gasteiger partial charge in [0, 0.05) is 6.61 Å². The van der Waals surface area contributed by atoms with Crippen molar-refractivity contribution >= 4 is 0 Å². The van der Waals surface area contributed by atoms with E-state index in [1.807, 2.05) is 18.2 Å². The monoisotopic (exact) mass is 195 g/mol. The van der Waals surface area contributed by atoms with Gasteiger partial charge in [-0.1, -0.05) is 44.6 Å². The zero-order chi connectivity index (χ0) is 10.4. The van der Waals surface area contributed by atoms with E-state index >= 15 is 0 Å². The van der Waals surface area contributed by atoms with Gasteiger partial charge in [-0.05, 0) is 12.3 Å². The predicted octanol–water partition coefficient (Wildman–Crippen LogP) is 2.26. The van der Waals surface area contributed by atoms with E-state index in [-0.39, 0.29) is 5.54 Å². The maximum Gasteiger partial charge on any atom is 0.0688 e. The smallest absolute Gasteiger partial charge is 0.0688 e. The molecule has 0 saturated carbocycles. The van der Waals surface area contributed by atoms with Crippen LogP contribution in [0.4, 0.5) is 0 Å². The Balaban J connectivity index is 2.34. The molecule has 1 aliphatic rings. The fourth-order valence-corrected chi connectivity index (χ4v) is 1.47. The van der Waals surface area contributed by atoms with Crippen molar-refractivity contribution in [3.8, 4) is 0 Å². The van der Waals surface area contributed by atoms with Gasteiger partial charge in [0.1, 0.15) is 0 Å². The largest absolute Gasteiger partial charge is 0.379 e. The fraction of sp³-hybridized carbons (Fsp3) is 0.667. The minimum absolute atomic E-state index is 0.303. The topological polar surface area (TPSA) is 35.2 Å². The van der Waals surface area contributed by atoms with Gasteiger partial charge in [-0.25, -0.2) is 0 Å². The van der Waals surface area contributed by atoms with E-state index in [4.69, 9.17) is 10.5 Å². The van der Waals surface area contributed by atoms with Gasteiger partial charge in [-0.15, -0.1) is 0 Å². The van der Waals surface area contributed by atoms with Crippen molar-refractivity contribution in [2.45, 2.75) is 32.2 Å². The molecule has 0 amide bonds. The standard InChI is InChI=1S/C12H21NO/c1-3-4-9-14-10-12(13)8-6-5-7-11(12)2/h5-8,11H,3-4,9-10,13H2,1-2H3. The van der Waals surface area contributed by atoms with Gasteiger partial charge < -0.3 is 10.5 Å². The van der Waals surface area contributed by atoms with Crippen molar-refractivity contribution in [3.05, 3.63) is 24.3 Å². The van der Waals surface area contributed by atoms with E-state index in [0.29, 0.717) is 12.5 Å². The highest BCUT2D eigenvalue weighted by Gasteiger charge is 2.28.